The van der Waals surface area contributed by atoms with Gasteiger partial charge in [0.1, 0.15) is 5.82 Å². The summed E-state index contributed by atoms with van der Waals surface area (Å²) in [7, 11) is 1.32. The number of esters is 1. The molecule has 1 heterocycles. The van der Waals surface area contributed by atoms with Gasteiger partial charge in [0.2, 0.25) is 0 Å². The summed E-state index contributed by atoms with van der Waals surface area (Å²) in [4.78, 5) is 17.9. The Labute approximate surface area is 111 Å². The standard InChI is InChI=1S/C13H16N4O2/c1-19-13(18)10-7-12(16-8-11(10)15)17(6-2-5-14)9-3-4-9/h7-9H,2-4,6,15H2,1H3. The van der Waals surface area contributed by atoms with Crippen molar-refractivity contribution in [2.24, 2.45) is 0 Å². The van der Waals surface area contributed by atoms with Crippen molar-refractivity contribution in [3.8, 4) is 6.07 Å². The van der Waals surface area contributed by atoms with Gasteiger partial charge in [0.15, 0.2) is 0 Å². The number of carbonyl (C=O) groups is 1. The van der Waals surface area contributed by atoms with Gasteiger partial charge in [-0.3, -0.25) is 0 Å². The number of hydrogen-bond acceptors (Lipinski definition) is 6. The molecule has 1 aliphatic carbocycles. The molecule has 1 aromatic rings. The summed E-state index contributed by atoms with van der Waals surface area (Å²) in [6, 6.07) is 4.17. The number of ether oxygens (including phenoxy) is 1. The summed E-state index contributed by atoms with van der Waals surface area (Å²) in [5.74, 6) is 0.199. The average Bonchev–Trinajstić information content (AvgIpc) is 3.24. The maximum absolute atomic E-state index is 11.6. The third kappa shape index (κ3) is 2.94. The molecule has 0 aromatic carbocycles. The predicted octanol–water partition coefficient (Wildman–Crippen LogP) is 1.33. The number of methoxy groups -OCH3 is 1. The Morgan fingerprint density at radius 2 is 2.42 bits per heavy atom. The van der Waals surface area contributed by atoms with Crippen LogP contribution in [-0.4, -0.2) is 30.6 Å². The monoisotopic (exact) mass is 260 g/mol. The molecule has 0 unspecified atom stereocenters. The topological polar surface area (TPSA) is 92.2 Å². The number of rotatable bonds is 5. The van der Waals surface area contributed by atoms with E-state index in [1.807, 2.05) is 0 Å². The number of nitrogens with zero attached hydrogens (tertiary/aromatic N) is 3. The highest BCUT2D eigenvalue weighted by atomic mass is 16.5. The van der Waals surface area contributed by atoms with Gasteiger partial charge < -0.3 is 15.4 Å². The Kier molecular flexibility index (Phi) is 3.85. The maximum Gasteiger partial charge on any atom is 0.340 e. The van der Waals surface area contributed by atoms with Crippen molar-refractivity contribution in [3.05, 3.63) is 17.8 Å². The van der Waals surface area contributed by atoms with Gasteiger partial charge in [0, 0.05) is 12.6 Å². The summed E-state index contributed by atoms with van der Waals surface area (Å²) >= 11 is 0. The van der Waals surface area contributed by atoms with E-state index >= 15 is 0 Å². The van der Waals surface area contributed by atoms with Crippen LogP contribution in [0.15, 0.2) is 12.3 Å². The van der Waals surface area contributed by atoms with Crippen molar-refractivity contribution < 1.29 is 9.53 Å². The van der Waals surface area contributed by atoms with Crippen LogP contribution < -0.4 is 10.6 Å². The molecule has 1 aliphatic rings. The van der Waals surface area contributed by atoms with E-state index in [9.17, 15) is 4.79 Å². The zero-order valence-corrected chi connectivity index (χ0v) is 10.8. The number of pyridine rings is 1. The predicted molar refractivity (Wildman–Crippen MR) is 70.6 cm³/mol. The first-order chi connectivity index (χ1) is 9.17. The molecule has 19 heavy (non-hydrogen) atoms. The summed E-state index contributed by atoms with van der Waals surface area (Å²) in [6.45, 7) is 0.610. The van der Waals surface area contributed by atoms with E-state index in [2.05, 4.69) is 16.0 Å². The van der Waals surface area contributed by atoms with Crippen molar-refractivity contribution >= 4 is 17.5 Å². The molecule has 100 valence electrons. The molecule has 0 amide bonds. The minimum Gasteiger partial charge on any atom is -0.465 e. The van der Waals surface area contributed by atoms with E-state index in [-0.39, 0.29) is 0 Å². The fraction of sp³-hybridized carbons (Fsp3) is 0.462. The first-order valence-electron chi connectivity index (χ1n) is 6.14. The molecule has 0 bridgehead atoms. The lowest BCUT2D eigenvalue weighted by Gasteiger charge is -2.22. The lowest BCUT2D eigenvalue weighted by atomic mass is 10.2. The zero-order valence-electron chi connectivity index (χ0n) is 10.8. The first kappa shape index (κ1) is 13.1. The molecule has 1 saturated carbocycles. The normalized spacial score (nSPS) is 13.7. The van der Waals surface area contributed by atoms with Gasteiger partial charge in [-0.2, -0.15) is 5.26 Å². The highest BCUT2D eigenvalue weighted by Gasteiger charge is 2.30. The van der Waals surface area contributed by atoms with Gasteiger partial charge in [0.25, 0.3) is 0 Å². The lowest BCUT2D eigenvalue weighted by molar-refractivity contribution is 0.0602. The van der Waals surface area contributed by atoms with E-state index in [1.54, 1.807) is 6.07 Å². The van der Waals surface area contributed by atoms with E-state index < -0.39 is 5.97 Å². The van der Waals surface area contributed by atoms with Crippen LogP contribution in [0.25, 0.3) is 0 Å². The lowest BCUT2D eigenvalue weighted by Crippen LogP contribution is -2.28. The Morgan fingerprint density at radius 1 is 1.68 bits per heavy atom. The fourth-order valence-electron chi connectivity index (χ4n) is 1.94. The van der Waals surface area contributed by atoms with Crippen LogP contribution in [0.4, 0.5) is 11.5 Å². The van der Waals surface area contributed by atoms with Gasteiger partial charge in [-0.05, 0) is 18.9 Å². The van der Waals surface area contributed by atoms with Crippen LogP contribution in [0.3, 0.4) is 0 Å². The highest BCUT2D eigenvalue weighted by Crippen LogP contribution is 2.31. The second kappa shape index (κ2) is 5.57. The number of nitriles is 1. The molecular formula is C13H16N4O2. The molecular weight excluding hydrogens is 244 g/mol. The van der Waals surface area contributed by atoms with Gasteiger partial charge in [0.05, 0.1) is 37.0 Å². The van der Waals surface area contributed by atoms with Gasteiger partial charge in [-0.1, -0.05) is 0 Å². The average molecular weight is 260 g/mol. The fourth-order valence-corrected chi connectivity index (χ4v) is 1.94. The van der Waals surface area contributed by atoms with Gasteiger partial charge in [-0.15, -0.1) is 0 Å². The Hall–Kier alpha value is -2.29. The van der Waals surface area contributed by atoms with Crippen LogP contribution in [-0.2, 0) is 4.74 Å². The molecule has 6 heteroatoms. The minimum absolute atomic E-state index is 0.298. The number of anilines is 2. The largest absolute Gasteiger partial charge is 0.465 e. The number of nitrogens with two attached hydrogens (primary N) is 1. The summed E-state index contributed by atoms with van der Waals surface area (Å²) < 4.78 is 4.69. The summed E-state index contributed by atoms with van der Waals surface area (Å²) in [5, 5.41) is 8.70. The first-order valence-corrected chi connectivity index (χ1v) is 6.14. The molecule has 2 rings (SSSR count). The zero-order chi connectivity index (χ0) is 13.8. The maximum atomic E-state index is 11.6. The molecule has 0 saturated heterocycles. The van der Waals surface area contributed by atoms with Crippen LogP contribution in [0, 0.1) is 11.3 Å². The van der Waals surface area contributed by atoms with Gasteiger partial charge in [-0.25, -0.2) is 9.78 Å². The van der Waals surface area contributed by atoms with Crippen molar-refractivity contribution in [2.45, 2.75) is 25.3 Å². The number of nitrogen functional groups attached to an aromatic ring is 1. The van der Waals surface area contributed by atoms with Crippen LogP contribution in [0.5, 0.6) is 0 Å². The van der Waals surface area contributed by atoms with Crippen LogP contribution >= 0.6 is 0 Å². The molecule has 1 fully saturated rings. The van der Waals surface area contributed by atoms with Crippen molar-refractivity contribution in [1.82, 2.24) is 4.98 Å². The van der Waals surface area contributed by atoms with Crippen molar-refractivity contribution in [3.63, 3.8) is 0 Å². The molecule has 0 atom stereocenters. The number of carbonyl (C=O) groups excluding carboxylic acids is 1. The van der Waals surface area contributed by atoms with E-state index in [0.717, 1.165) is 12.8 Å². The molecule has 0 aliphatic heterocycles. The Balaban J connectivity index is 2.27. The van der Waals surface area contributed by atoms with Crippen molar-refractivity contribution in [2.75, 3.05) is 24.3 Å². The third-order valence-electron chi connectivity index (χ3n) is 3.07. The molecule has 6 nitrogen and oxygen atoms in total. The second-order valence-electron chi connectivity index (χ2n) is 4.45. The summed E-state index contributed by atoms with van der Waals surface area (Å²) in [6.07, 6.45) is 4.07. The quantitative estimate of drug-likeness (QED) is 0.803. The van der Waals surface area contributed by atoms with E-state index in [0.29, 0.717) is 36.1 Å². The smallest absolute Gasteiger partial charge is 0.340 e. The number of aromatic nitrogens is 1. The minimum atomic E-state index is -0.475. The molecule has 1 aromatic heterocycles. The van der Waals surface area contributed by atoms with Crippen LogP contribution in [0.2, 0.25) is 0 Å². The van der Waals surface area contributed by atoms with Crippen molar-refractivity contribution in [1.29, 1.82) is 5.26 Å². The summed E-state index contributed by atoms with van der Waals surface area (Å²) in [5.41, 5.74) is 6.34. The number of hydrogen-bond donors (Lipinski definition) is 1. The molecule has 2 N–H and O–H groups in total. The van der Waals surface area contributed by atoms with E-state index in [1.165, 1.54) is 13.3 Å². The Bertz CT molecular complexity index is 520. The van der Waals surface area contributed by atoms with Crippen LogP contribution in [0.1, 0.15) is 29.6 Å². The highest BCUT2D eigenvalue weighted by molar-refractivity contribution is 5.95. The molecule has 0 radical (unpaired) electrons. The Morgan fingerprint density at radius 3 is 3.00 bits per heavy atom. The van der Waals surface area contributed by atoms with E-state index in [4.69, 9.17) is 15.7 Å². The van der Waals surface area contributed by atoms with Gasteiger partial charge >= 0.3 is 5.97 Å². The third-order valence-corrected chi connectivity index (χ3v) is 3.07. The second-order valence-corrected chi connectivity index (χ2v) is 4.45. The molecule has 0 spiro atoms. The SMILES string of the molecule is COC(=O)c1cc(N(CCC#N)C2CC2)ncc1N.